The minimum Gasteiger partial charge on any atom is -0.457 e. The van der Waals surface area contributed by atoms with Crippen molar-refractivity contribution in [3.8, 4) is 0 Å². The number of halogens is 1. The molecule has 0 aliphatic rings. The van der Waals surface area contributed by atoms with E-state index in [2.05, 4.69) is 8.75 Å². The number of nitrogens with zero attached hydrogens (tertiary/aromatic N) is 2. The Hall–Kier alpha value is -1.43. The van der Waals surface area contributed by atoms with E-state index in [4.69, 9.17) is 21.8 Å². The van der Waals surface area contributed by atoms with Crippen molar-refractivity contribution in [3.63, 3.8) is 0 Å². The molecule has 0 saturated carbocycles. The van der Waals surface area contributed by atoms with Gasteiger partial charge in [-0.15, -0.1) is 0 Å². The maximum Gasteiger partial charge on any atom is 0.152 e. The maximum absolute atomic E-state index is 6.04. The van der Waals surface area contributed by atoms with Gasteiger partial charge in [-0.1, -0.05) is 23.7 Å². The summed E-state index contributed by atoms with van der Waals surface area (Å²) in [6.45, 7) is 0. The van der Waals surface area contributed by atoms with E-state index in [0.717, 1.165) is 17.1 Å². The fourth-order valence-electron chi connectivity index (χ4n) is 1.66. The van der Waals surface area contributed by atoms with E-state index in [0.29, 0.717) is 22.1 Å². The fourth-order valence-corrected chi connectivity index (χ4v) is 2.33. The molecule has 2 heterocycles. The third-order valence-corrected chi connectivity index (χ3v) is 3.31. The second-order valence-electron chi connectivity index (χ2n) is 3.62. The molecule has 2 N–H and O–H groups in total. The highest BCUT2D eigenvalue weighted by atomic mass is 35.5. The second-order valence-corrected chi connectivity index (χ2v) is 4.58. The van der Waals surface area contributed by atoms with Gasteiger partial charge in [0.05, 0.1) is 28.6 Å². The number of aromatic nitrogens is 2. The van der Waals surface area contributed by atoms with Gasteiger partial charge < -0.3 is 10.2 Å². The summed E-state index contributed by atoms with van der Waals surface area (Å²) < 4.78 is 13.7. The Morgan fingerprint density at radius 3 is 3.00 bits per heavy atom. The van der Waals surface area contributed by atoms with E-state index >= 15 is 0 Å². The van der Waals surface area contributed by atoms with Gasteiger partial charge in [0.15, 0.2) is 5.58 Å². The van der Waals surface area contributed by atoms with Gasteiger partial charge >= 0.3 is 0 Å². The first-order chi connectivity index (χ1) is 8.25. The third kappa shape index (κ3) is 1.82. The van der Waals surface area contributed by atoms with Crippen LogP contribution in [0.5, 0.6) is 0 Å². The molecule has 4 nitrogen and oxygen atoms in total. The zero-order valence-corrected chi connectivity index (χ0v) is 10.2. The van der Waals surface area contributed by atoms with Crippen molar-refractivity contribution in [3.05, 3.63) is 46.9 Å². The molecular weight excluding hydrogens is 258 g/mol. The molecule has 3 aromatic rings. The SMILES string of the molecule is NC(c1cnsn1)c1cc2cccc(Cl)c2o1. The molecule has 0 fully saturated rings. The molecule has 86 valence electrons. The lowest BCUT2D eigenvalue weighted by molar-refractivity contribution is 0.522. The van der Waals surface area contributed by atoms with E-state index in [1.54, 1.807) is 12.3 Å². The Labute approximate surface area is 106 Å². The van der Waals surface area contributed by atoms with Crippen LogP contribution in [0.2, 0.25) is 5.02 Å². The largest absolute Gasteiger partial charge is 0.457 e. The predicted molar refractivity (Wildman–Crippen MR) is 67.2 cm³/mol. The third-order valence-electron chi connectivity index (χ3n) is 2.52. The predicted octanol–water partition coefficient (Wildman–Crippen LogP) is 2.99. The number of nitrogens with two attached hydrogens (primary N) is 1. The topological polar surface area (TPSA) is 64.9 Å². The van der Waals surface area contributed by atoms with Crippen LogP contribution in [0, 0.1) is 0 Å². The van der Waals surface area contributed by atoms with Gasteiger partial charge in [0.1, 0.15) is 11.8 Å². The average Bonchev–Trinajstić information content (AvgIpc) is 2.98. The van der Waals surface area contributed by atoms with Crippen LogP contribution in [0.1, 0.15) is 17.5 Å². The van der Waals surface area contributed by atoms with Gasteiger partial charge in [0.2, 0.25) is 0 Å². The highest BCUT2D eigenvalue weighted by Crippen LogP contribution is 2.30. The Bertz CT molecular complexity index is 650. The van der Waals surface area contributed by atoms with Crippen LogP contribution in [-0.2, 0) is 0 Å². The van der Waals surface area contributed by atoms with E-state index in [-0.39, 0.29) is 0 Å². The number of furan rings is 1. The molecule has 0 bridgehead atoms. The van der Waals surface area contributed by atoms with Crippen molar-refractivity contribution in [1.29, 1.82) is 0 Å². The molecule has 0 aliphatic heterocycles. The molecule has 1 atom stereocenters. The molecule has 6 heteroatoms. The quantitative estimate of drug-likeness (QED) is 0.774. The zero-order valence-electron chi connectivity index (χ0n) is 8.63. The number of para-hydroxylation sites is 1. The molecule has 17 heavy (non-hydrogen) atoms. The number of rotatable bonds is 2. The van der Waals surface area contributed by atoms with Crippen molar-refractivity contribution < 1.29 is 4.42 Å². The van der Waals surface area contributed by atoms with Crippen LogP contribution in [0.3, 0.4) is 0 Å². The molecule has 2 aromatic heterocycles. The molecule has 0 aliphatic carbocycles. The number of hydrogen-bond acceptors (Lipinski definition) is 5. The second kappa shape index (κ2) is 4.10. The molecule has 1 unspecified atom stereocenters. The lowest BCUT2D eigenvalue weighted by atomic mass is 10.1. The molecular formula is C11H8ClN3OS. The summed E-state index contributed by atoms with van der Waals surface area (Å²) in [5.74, 6) is 0.640. The summed E-state index contributed by atoms with van der Waals surface area (Å²) in [6, 6.07) is 7.07. The lowest BCUT2D eigenvalue weighted by Gasteiger charge is -2.02. The summed E-state index contributed by atoms with van der Waals surface area (Å²) in [4.78, 5) is 0. The van der Waals surface area contributed by atoms with Crippen LogP contribution >= 0.6 is 23.3 Å². The molecule has 0 amide bonds. The van der Waals surface area contributed by atoms with Crippen molar-refractivity contribution >= 4 is 34.3 Å². The van der Waals surface area contributed by atoms with E-state index in [1.807, 2.05) is 18.2 Å². The molecule has 0 saturated heterocycles. The highest BCUT2D eigenvalue weighted by molar-refractivity contribution is 6.99. The smallest absolute Gasteiger partial charge is 0.152 e. The van der Waals surface area contributed by atoms with Crippen LogP contribution in [-0.4, -0.2) is 8.75 Å². The fraction of sp³-hybridized carbons (Fsp3) is 0.0909. The average molecular weight is 266 g/mol. The number of fused-ring (bicyclic) bond motifs is 1. The van der Waals surface area contributed by atoms with Gasteiger partial charge in [0.25, 0.3) is 0 Å². The minimum absolute atomic E-state index is 0.405. The van der Waals surface area contributed by atoms with E-state index < -0.39 is 6.04 Å². The van der Waals surface area contributed by atoms with Crippen LogP contribution in [0.25, 0.3) is 11.0 Å². The van der Waals surface area contributed by atoms with Crippen molar-refractivity contribution in [2.75, 3.05) is 0 Å². The van der Waals surface area contributed by atoms with Crippen molar-refractivity contribution in [1.82, 2.24) is 8.75 Å². The normalized spacial score (nSPS) is 13.1. The summed E-state index contributed by atoms with van der Waals surface area (Å²) in [5.41, 5.74) is 7.40. The van der Waals surface area contributed by atoms with Crippen molar-refractivity contribution in [2.45, 2.75) is 6.04 Å². The van der Waals surface area contributed by atoms with Gasteiger partial charge in [0, 0.05) is 5.39 Å². The first-order valence-corrected chi connectivity index (χ1v) is 6.07. The Balaban J connectivity index is 2.10. The van der Waals surface area contributed by atoms with Gasteiger partial charge in [-0.05, 0) is 12.1 Å². The zero-order chi connectivity index (χ0) is 11.8. The highest BCUT2D eigenvalue weighted by Gasteiger charge is 2.17. The summed E-state index contributed by atoms with van der Waals surface area (Å²) in [6.07, 6.45) is 1.64. The van der Waals surface area contributed by atoms with E-state index in [1.165, 1.54) is 0 Å². The maximum atomic E-state index is 6.04. The first-order valence-electron chi connectivity index (χ1n) is 4.96. The summed E-state index contributed by atoms with van der Waals surface area (Å²) in [5, 5.41) is 1.52. The first kappa shape index (κ1) is 10.7. The van der Waals surface area contributed by atoms with Gasteiger partial charge in [-0.3, -0.25) is 0 Å². The summed E-state index contributed by atoms with van der Waals surface area (Å²) >= 11 is 7.16. The Morgan fingerprint density at radius 2 is 2.29 bits per heavy atom. The van der Waals surface area contributed by atoms with Crippen molar-refractivity contribution in [2.24, 2.45) is 5.73 Å². The number of benzene rings is 1. The van der Waals surface area contributed by atoms with E-state index in [9.17, 15) is 0 Å². The van der Waals surface area contributed by atoms with Crippen LogP contribution < -0.4 is 5.73 Å². The van der Waals surface area contributed by atoms with Gasteiger partial charge in [-0.2, -0.15) is 8.75 Å². The minimum atomic E-state index is -0.405. The van der Waals surface area contributed by atoms with Crippen LogP contribution in [0.15, 0.2) is 34.9 Å². The number of hydrogen-bond donors (Lipinski definition) is 1. The standard InChI is InChI=1S/C11H8ClN3OS/c12-7-3-1-2-6-4-9(16-11(6)7)10(13)8-5-14-17-15-8/h1-5,10H,13H2. The van der Waals surface area contributed by atoms with Crippen LogP contribution in [0.4, 0.5) is 0 Å². The Morgan fingerprint density at radius 1 is 1.41 bits per heavy atom. The van der Waals surface area contributed by atoms with Gasteiger partial charge in [-0.25, -0.2) is 0 Å². The Kier molecular flexibility index (Phi) is 2.58. The monoisotopic (exact) mass is 265 g/mol. The summed E-state index contributed by atoms with van der Waals surface area (Å²) in [7, 11) is 0. The molecule has 3 rings (SSSR count). The molecule has 1 aromatic carbocycles. The molecule has 0 radical (unpaired) electrons. The lowest BCUT2D eigenvalue weighted by Crippen LogP contribution is -2.10. The molecule has 0 spiro atoms.